The van der Waals surface area contributed by atoms with E-state index in [4.69, 9.17) is 11.6 Å². The molecule has 0 saturated heterocycles. The molecule has 154 valence electrons. The summed E-state index contributed by atoms with van der Waals surface area (Å²) >= 11 is 5.96. The van der Waals surface area contributed by atoms with Crippen LogP contribution in [-0.2, 0) is 0 Å². The molecular weight excluding hydrogens is 410 g/mol. The maximum Gasteiger partial charge on any atom is 0.323 e. The highest BCUT2D eigenvalue weighted by Gasteiger charge is 2.07. The van der Waals surface area contributed by atoms with Gasteiger partial charge in [0.15, 0.2) is 0 Å². The second kappa shape index (κ2) is 9.28. The molecule has 7 heteroatoms. The standard InChI is InChI=1S/C24H20ClN5O/c1-16-26-22(17-7-3-2-4-8-17)15-23(27-16)28-20-11-6-12-21(14-20)30-24(31)29-19-10-5-9-18(25)13-19/h2-15H,1H3,(H,26,27,28)(H2,29,30,31). The first-order valence-electron chi connectivity index (χ1n) is 9.67. The molecule has 3 N–H and O–H groups in total. The summed E-state index contributed by atoms with van der Waals surface area (Å²) in [5.74, 6) is 1.34. The molecule has 0 fully saturated rings. The minimum atomic E-state index is -0.358. The lowest BCUT2D eigenvalue weighted by Gasteiger charge is -2.11. The van der Waals surface area contributed by atoms with Gasteiger partial charge >= 0.3 is 6.03 Å². The summed E-state index contributed by atoms with van der Waals surface area (Å²) < 4.78 is 0. The monoisotopic (exact) mass is 429 g/mol. The first kappa shape index (κ1) is 20.4. The molecule has 0 aliphatic rings. The fourth-order valence-corrected chi connectivity index (χ4v) is 3.26. The number of carbonyl (C=O) groups is 1. The lowest BCUT2D eigenvalue weighted by Crippen LogP contribution is -2.19. The van der Waals surface area contributed by atoms with Crippen molar-refractivity contribution in [2.24, 2.45) is 0 Å². The van der Waals surface area contributed by atoms with Crippen molar-refractivity contribution in [1.82, 2.24) is 9.97 Å². The molecule has 4 rings (SSSR count). The van der Waals surface area contributed by atoms with Gasteiger partial charge in [-0.25, -0.2) is 14.8 Å². The zero-order valence-corrected chi connectivity index (χ0v) is 17.5. The van der Waals surface area contributed by atoms with E-state index in [-0.39, 0.29) is 6.03 Å². The van der Waals surface area contributed by atoms with Crippen LogP contribution in [0.4, 0.5) is 27.7 Å². The number of anilines is 4. The van der Waals surface area contributed by atoms with E-state index in [0.29, 0.717) is 28.0 Å². The van der Waals surface area contributed by atoms with E-state index in [9.17, 15) is 4.79 Å². The molecule has 31 heavy (non-hydrogen) atoms. The minimum absolute atomic E-state index is 0.358. The smallest absolute Gasteiger partial charge is 0.323 e. The van der Waals surface area contributed by atoms with Gasteiger partial charge in [0.25, 0.3) is 0 Å². The molecule has 0 spiro atoms. The van der Waals surface area contributed by atoms with Gasteiger partial charge in [-0.3, -0.25) is 0 Å². The predicted molar refractivity (Wildman–Crippen MR) is 126 cm³/mol. The molecule has 3 aromatic carbocycles. The van der Waals surface area contributed by atoms with E-state index < -0.39 is 0 Å². The van der Waals surface area contributed by atoms with Crippen LogP contribution in [-0.4, -0.2) is 16.0 Å². The highest BCUT2D eigenvalue weighted by molar-refractivity contribution is 6.30. The molecule has 0 saturated carbocycles. The number of nitrogens with one attached hydrogen (secondary N) is 3. The third-order valence-electron chi connectivity index (χ3n) is 4.38. The van der Waals surface area contributed by atoms with Crippen molar-refractivity contribution < 1.29 is 4.79 Å². The van der Waals surface area contributed by atoms with Gasteiger partial charge in [-0.2, -0.15) is 0 Å². The predicted octanol–water partition coefficient (Wildman–Crippen LogP) is 6.49. The molecule has 0 unspecified atom stereocenters. The normalized spacial score (nSPS) is 10.4. The lowest BCUT2D eigenvalue weighted by molar-refractivity contribution is 0.262. The summed E-state index contributed by atoms with van der Waals surface area (Å²) in [4.78, 5) is 21.3. The highest BCUT2D eigenvalue weighted by Crippen LogP contribution is 2.24. The van der Waals surface area contributed by atoms with Gasteiger partial charge in [-0.1, -0.05) is 54.1 Å². The largest absolute Gasteiger partial charge is 0.340 e. The van der Waals surface area contributed by atoms with Crippen LogP contribution in [0, 0.1) is 6.92 Å². The average molecular weight is 430 g/mol. The summed E-state index contributed by atoms with van der Waals surface area (Å²) in [6.07, 6.45) is 0. The topological polar surface area (TPSA) is 78.9 Å². The van der Waals surface area contributed by atoms with E-state index in [1.807, 2.05) is 67.6 Å². The van der Waals surface area contributed by atoms with Gasteiger partial charge in [-0.05, 0) is 43.3 Å². The van der Waals surface area contributed by atoms with E-state index in [1.54, 1.807) is 24.3 Å². The number of hydrogen-bond donors (Lipinski definition) is 3. The Morgan fingerprint density at radius 3 is 2.19 bits per heavy atom. The second-order valence-corrected chi connectivity index (χ2v) is 7.28. The summed E-state index contributed by atoms with van der Waals surface area (Å²) in [7, 11) is 0. The number of nitrogens with zero attached hydrogens (tertiary/aromatic N) is 2. The number of aryl methyl sites for hydroxylation is 1. The van der Waals surface area contributed by atoms with Crippen molar-refractivity contribution in [3.05, 3.63) is 95.8 Å². The van der Waals surface area contributed by atoms with Crippen LogP contribution in [0.3, 0.4) is 0 Å². The quantitative estimate of drug-likeness (QED) is 0.338. The fourth-order valence-electron chi connectivity index (χ4n) is 3.07. The third kappa shape index (κ3) is 5.58. The number of urea groups is 1. The molecule has 0 bridgehead atoms. The van der Waals surface area contributed by atoms with Crippen LogP contribution in [0.5, 0.6) is 0 Å². The number of hydrogen-bond acceptors (Lipinski definition) is 4. The van der Waals surface area contributed by atoms with Crippen LogP contribution in [0.25, 0.3) is 11.3 Å². The molecule has 1 aromatic heterocycles. The van der Waals surface area contributed by atoms with Crippen LogP contribution in [0.15, 0.2) is 84.9 Å². The van der Waals surface area contributed by atoms with Crippen LogP contribution < -0.4 is 16.0 Å². The van der Waals surface area contributed by atoms with Gasteiger partial charge in [-0.15, -0.1) is 0 Å². The Balaban J connectivity index is 1.47. The van der Waals surface area contributed by atoms with Gasteiger partial charge in [0, 0.05) is 33.7 Å². The zero-order valence-electron chi connectivity index (χ0n) is 16.8. The van der Waals surface area contributed by atoms with Crippen molar-refractivity contribution in [2.75, 3.05) is 16.0 Å². The number of aromatic nitrogens is 2. The third-order valence-corrected chi connectivity index (χ3v) is 4.62. The van der Waals surface area contributed by atoms with E-state index in [2.05, 4.69) is 25.9 Å². The second-order valence-electron chi connectivity index (χ2n) is 6.85. The molecule has 2 amide bonds. The summed E-state index contributed by atoms with van der Waals surface area (Å²) in [6.45, 7) is 1.86. The SMILES string of the molecule is Cc1nc(Nc2cccc(NC(=O)Nc3cccc(Cl)c3)c2)cc(-c2ccccc2)n1. The number of rotatable bonds is 5. The first-order chi connectivity index (χ1) is 15.0. The van der Waals surface area contributed by atoms with Crippen LogP contribution >= 0.6 is 11.6 Å². The molecule has 0 atom stereocenters. The van der Waals surface area contributed by atoms with Crippen molar-refractivity contribution in [3.8, 4) is 11.3 Å². The van der Waals surface area contributed by atoms with E-state index in [1.165, 1.54) is 0 Å². The first-order valence-corrected chi connectivity index (χ1v) is 10.0. The molecule has 6 nitrogen and oxygen atoms in total. The number of carbonyl (C=O) groups excluding carboxylic acids is 1. The number of benzene rings is 3. The lowest BCUT2D eigenvalue weighted by atomic mass is 10.1. The Hall–Kier alpha value is -3.90. The van der Waals surface area contributed by atoms with Crippen LogP contribution in [0.1, 0.15) is 5.82 Å². The Labute approximate surface area is 185 Å². The molecule has 0 radical (unpaired) electrons. The maximum absolute atomic E-state index is 12.3. The minimum Gasteiger partial charge on any atom is -0.340 e. The highest BCUT2D eigenvalue weighted by atomic mass is 35.5. The maximum atomic E-state index is 12.3. The van der Waals surface area contributed by atoms with E-state index in [0.717, 1.165) is 16.9 Å². The van der Waals surface area contributed by atoms with Gasteiger partial charge in [0.05, 0.1) is 5.69 Å². The fraction of sp³-hybridized carbons (Fsp3) is 0.0417. The van der Waals surface area contributed by atoms with Crippen molar-refractivity contribution >= 4 is 40.5 Å². The zero-order chi connectivity index (χ0) is 21.6. The Morgan fingerprint density at radius 2 is 1.45 bits per heavy atom. The molecule has 1 heterocycles. The summed E-state index contributed by atoms with van der Waals surface area (Å²) in [6, 6.07) is 25.8. The Morgan fingerprint density at radius 1 is 0.774 bits per heavy atom. The van der Waals surface area contributed by atoms with Crippen molar-refractivity contribution in [1.29, 1.82) is 0 Å². The average Bonchev–Trinajstić information content (AvgIpc) is 2.74. The Kier molecular flexibility index (Phi) is 6.10. The van der Waals surface area contributed by atoms with Crippen molar-refractivity contribution in [2.45, 2.75) is 6.92 Å². The molecule has 0 aliphatic carbocycles. The Bertz CT molecular complexity index is 1210. The summed E-state index contributed by atoms with van der Waals surface area (Å²) in [5, 5.41) is 9.42. The van der Waals surface area contributed by atoms with Gasteiger partial charge in [0.1, 0.15) is 11.6 Å². The van der Waals surface area contributed by atoms with E-state index >= 15 is 0 Å². The van der Waals surface area contributed by atoms with Crippen molar-refractivity contribution in [3.63, 3.8) is 0 Å². The van der Waals surface area contributed by atoms with Gasteiger partial charge < -0.3 is 16.0 Å². The molecule has 0 aliphatic heterocycles. The van der Waals surface area contributed by atoms with Crippen LogP contribution in [0.2, 0.25) is 5.02 Å². The summed E-state index contributed by atoms with van der Waals surface area (Å²) in [5.41, 5.74) is 3.90. The van der Waals surface area contributed by atoms with Gasteiger partial charge in [0.2, 0.25) is 0 Å². The molecule has 4 aromatic rings. The molecular formula is C24H20ClN5O. The number of halogens is 1. The number of amides is 2.